The smallest absolute Gasteiger partial charge is 0.338 e. The van der Waals surface area contributed by atoms with Gasteiger partial charge in [0, 0.05) is 24.3 Å². The molecule has 2 heterocycles. The Bertz CT molecular complexity index is 999. The van der Waals surface area contributed by atoms with E-state index in [2.05, 4.69) is 10.3 Å². The van der Waals surface area contributed by atoms with Crippen LogP contribution in [0.1, 0.15) is 20.9 Å². The first-order valence-corrected chi connectivity index (χ1v) is 9.78. The number of hydrogen-bond acceptors (Lipinski definition) is 5. The number of amides is 2. The highest BCUT2D eigenvalue weighted by Gasteiger charge is 2.21. The molecule has 1 fully saturated rings. The van der Waals surface area contributed by atoms with Gasteiger partial charge in [0.15, 0.2) is 0 Å². The highest BCUT2D eigenvalue weighted by molar-refractivity contribution is 7.15. The number of aromatic nitrogens is 1. The van der Waals surface area contributed by atoms with Crippen LogP contribution in [0, 0.1) is 6.92 Å². The summed E-state index contributed by atoms with van der Waals surface area (Å²) < 4.78 is 5.47. The second-order valence-corrected chi connectivity index (χ2v) is 7.48. The molecule has 1 aliphatic rings. The molecule has 0 atom stereocenters. The number of esters is 1. The molecule has 1 saturated heterocycles. The van der Waals surface area contributed by atoms with E-state index < -0.39 is 5.97 Å². The zero-order valence-corrected chi connectivity index (χ0v) is 16.2. The maximum Gasteiger partial charge on any atom is 0.338 e. The number of urea groups is 1. The molecule has 28 heavy (non-hydrogen) atoms. The molecule has 6 nitrogen and oxygen atoms in total. The van der Waals surface area contributed by atoms with E-state index in [1.807, 2.05) is 37.3 Å². The van der Waals surface area contributed by atoms with Crippen LogP contribution in [0.15, 0.2) is 54.6 Å². The Kier molecular flexibility index (Phi) is 5.08. The fourth-order valence-corrected chi connectivity index (χ4v) is 3.96. The summed E-state index contributed by atoms with van der Waals surface area (Å²) in [5.74, 6) is -0.397. The molecule has 0 radical (unpaired) electrons. The number of thiazole rings is 1. The number of rotatable bonds is 5. The quantitative estimate of drug-likeness (QED) is 0.665. The maximum absolute atomic E-state index is 12.4. The Morgan fingerprint density at radius 1 is 1.18 bits per heavy atom. The number of aryl methyl sites for hydroxylation is 1. The van der Waals surface area contributed by atoms with Gasteiger partial charge in [0.1, 0.15) is 11.6 Å². The summed E-state index contributed by atoms with van der Waals surface area (Å²) in [7, 11) is 0. The molecule has 0 saturated carbocycles. The van der Waals surface area contributed by atoms with Gasteiger partial charge >= 0.3 is 12.0 Å². The molecule has 2 amide bonds. The minimum atomic E-state index is -0.397. The molecule has 4 rings (SSSR count). The third kappa shape index (κ3) is 3.75. The monoisotopic (exact) mass is 393 g/mol. The van der Waals surface area contributed by atoms with Gasteiger partial charge in [0.05, 0.1) is 16.1 Å². The number of ether oxygens (including phenoxy) is 1. The fraction of sp³-hybridized carbons (Fsp3) is 0.190. The average Bonchev–Trinajstić information content (AvgIpc) is 3.32. The van der Waals surface area contributed by atoms with Crippen molar-refractivity contribution in [3.05, 3.63) is 70.7 Å². The number of hydrogen-bond donors (Lipinski definition) is 1. The lowest BCUT2D eigenvalue weighted by Crippen LogP contribution is -2.27. The minimum Gasteiger partial charge on any atom is -0.456 e. The van der Waals surface area contributed by atoms with Gasteiger partial charge in [-0.3, -0.25) is 4.90 Å². The van der Waals surface area contributed by atoms with Crippen molar-refractivity contribution in [1.82, 2.24) is 10.3 Å². The molecule has 7 heteroatoms. The Balaban J connectivity index is 1.41. The van der Waals surface area contributed by atoms with Gasteiger partial charge in [-0.1, -0.05) is 30.3 Å². The van der Waals surface area contributed by atoms with Gasteiger partial charge in [0.2, 0.25) is 0 Å². The minimum absolute atomic E-state index is 0.120. The van der Waals surface area contributed by atoms with E-state index in [1.165, 1.54) is 11.3 Å². The molecule has 142 valence electrons. The van der Waals surface area contributed by atoms with E-state index in [0.29, 0.717) is 18.7 Å². The molecule has 1 aromatic heterocycles. The van der Waals surface area contributed by atoms with E-state index in [9.17, 15) is 9.59 Å². The van der Waals surface area contributed by atoms with Crippen molar-refractivity contribution in [2.24, 2.45) is 0 Å². The lowest BCUT2D eigenvalue weighted by atomic mass is 10.2. The molecule has 3 aromatic rings. The van der Waals surface area contributed by atoms with Crippen molar-refractivity contribution < 1.29 is 14.3 Å². The van der Waals surface area contributed by atoms with Crippen molar-refractivity contribution in [3.8, 4) is 10.6 Å². The lowest BCUT2D eigenvalue weighted by Gasteiger charge is -2.14. The van der Waals surface area contributed by atoms with Crippen LogP contribution in [0.3, 0.4) is 0 Å². The van der Waals surface area contributed by atoms with Crippen LogP contribution in [0.25, 0.3) is 10.6 Å². The third-order valence-electron chi connectivity index (χ3n) is 4.52. The largest absolute Gasteiger partial charge is 0.456 e. The van der Waals surface area contributed by atoms with Gasteiger partial charge < -0.3 is 10.1 Å². The van der Waals surface area contributed by atoms with Crippen molar-refractivity contribution in [1.29, 1.82) is 0 Å². The first kappa shape index (κ1) is 18.2. The highest BCUT2D eigenvalue weighted by Crippen LogP contribution is 2.28. The number of nitrogens with zero attached hydrogens (tertiary/aromatic N) is 2. The molecular weight excluding hydrogens is 374 g/mol. The van der Waals surface area contributed by atoms with Gasteiger partial charge in [0.25, 0.3) is 0 Å². The number of nitrogens with one attached hydrogen (secondary N) is 1. The van der Waals surface area contributed by atoms with Crippen molar-refractivity contribution in [2.75, 3.05) is 18.0 Å². The lowest BCUT2D eigenvalue weighted by molar-refractivity contribution is 0.0476. The van der Waals surface area contributed by atoms with E-state index in [1.54, 1.807) is 29.2 Å². The predicted molar refractivity (Wildman–Crippen MR) is 109 cm³/mol. The summed E-state index contributed by atoms with van der Waals surface area (Å²) >= 11 is 1.53. The average molecular weight is 393 g/mol. The predicted octanol–water partition coefficient (Wildman–Crippen LogP) is 4.01. The molecule has 1 N–H and O–H groups in total. The molecule has 1 aliphatic heterocycles. The van der Waals surface area contributed by atoms with Crippen LogP contribution in [-0.2, 0) is 11.3 Å². The van der Waals surface area contributed by atoms with Gasteiger partial charge in [-0.05, 0) is 31.2 Å². The number of benzene rings is 2. The number of carbonyl (C=O) groups excluding carboxylic acids is 2. The van der Waals surface area contributed by atoms with Gasteiger partial charge in [-0.25, -0.2) is 14.6 Å². The second-order valence-electron chi connectivity index (χ2n) is 6.40. The maximum atomic E-state index is 12.4. The summed E-state index contributed by atoms with van der Waals surface area (Å²) in [6, 6.07) is 16.7. The molecule has 2 aromatic carbocycles. The first-order chi connectivity index (χ1) is 13.6. The van der Waals surface area contributed by atoms with Crippen molar-refractivity contribution in [2.45, 2.75) is 13.5 Å². The zero-order chi connectivity index (χ0) is 19.5. The van der Waals surface area contributed by atoms with Crippen LogP contribution in [0.5, 0.6) is 0 Å². The third-order valence-corrected chi connectivity index (χ3v) is 5.70. The Morgan fingerprint density at radius 2 is 1.93 bits per heavy atom. The van der Waals surface area contributed by atoms with Crippen LogP contribution in [-0.4, -0.2) is 30.1 Å². The normalized spacial score (nSPS) is 13.5. The summed E-state index contributed by atoms with van der Waals surface area (Å²) in [4.78, 5) is 31.2. The molecule has 0 bridgehead atoms. The van der Waals surface area contributed by atoms with E-state index in [-0.39, 0.29) is 12.6 Å². The number of anilines is 1. The van der Waals surface area contributed by atoms with E-state index in [4.69, 9.17) is 4.74 Å². The Labute approximate surface area is 166 Å². The second kappa shape index (κ2) is 7.82. The van der Waals surface area contributed by atoms with E-state index in [0.717, 1.165) is 26.8 Å². The summed E-state index contributed by atoms with van der Waals surface area (Å²) in [5, 5.41) is 3.67. The molecule has 0 spiro atoms. The fourth-order valence-electron chi connectivity index (χ4n) is 2.98. The molecule has 0 unspecified atom stereocenters. The summed E-state index contributed by atoms with van der Waals surface area (Å²) in [5.41, 5.74) is 3.13. The molecular formula is C21H19N3O3S. The molecule has 0 aliphatic carbocycles. The Hall–Kier alpha value is -3.19. The standard InChI is InChI=1S/C21H19N3O3S/c1-14-18(28-19(23-14)15-5-3-2-4-6-15)13-27-20(25)16-7-9-17(10-8-16)24-12-11-22-21(24)26/h2-10H,11-13H2,1H3,(H,22,26). The van der Waals surface area contributed by atoms with Gasteiger partial charge in [-0.2, -0.15) is 0 Å². The Morgan fingerprint density at radius 3 is 2.61 bits per heavy atom. The topological polar surface area (TPSA) is 71.5 Å². The van der Waals surface area contributed by atoms with Crippen LogP contribution in [0.2, 0.25) is 0 Å². The summed E-state index contributed by atoms with van der Waals surface area (Å²) in [6.45, 7) is 3.35. The zero-order valence-electron chi connectivity index (χ0n) is 15.3. The van der Waals surface area contributed by atoms with Crippen molar-refractivity contribution in [3.63, 3.8) is 0 Å². The SMILES string of the molecule is Cc1nc(-c2ccccc2)sc1COC(=O)c1ccc(N2CCNC2=O)cc1. The first-order valence-electron chi connectivity index (χ1n) is 8.96. The van der Waals surface area contributed by atoms with Crippen LogP contribution < -0.4 is 10.2 Å². The van der Waals surface area contributed by atoms with Crippen LogP contribution >= 0.6 is 11.3 Å². The number of carbonyl (C=O) groups is 2. The van der Waals surface area contributed by atoms with Crippen molar-refractivity contribution >= 4 is 29.0 Å². The van der Waals surface area contributed by atoms with E-state index >= 15 is 0 Å². The van der Waals surface area contributed by atoms with Gasteiger partial charge in [-0.15, -0.1) is 11.3 Å². The van der Waals surface area contributed by atoms with Crippen LogP contribution in [0.4, 0.5) is 10.5 Å². The summed E-state index contributed by atoms with van der Waals surface area (Å²) in [6.07, 6.45) is 0. The highest BCUT2D eigenvalue weighted by atomic mass is 32.1.